The molecular formula is C9H15N3O3S. The van der Waals surface area contributed by atoms with Crippen molar-refractivity contribution in [2.45, 2.75) is 19.1 Å². The summed E-state index contributed by atoms with van der Waals surface area (Å²) < 4.78 is 29.7. The second kappa shape index (κ2) is 4.42. The summed E-state index contributed by atoms with van der Waals surface area (Å²) in [7, 11) is -2.89. The lowest BCUT2D eigenvalue weighted by atomic mass is 10.3. The summed E-state index contributed by atoms with van der Waals surface area (Å²) in [5.41, 5.74) is 5.39. The van der Waals surface area contributed by atoms with Crippen LogP contribution in [0.15, 0.2) is 12.4 Å². The number of hydrogen-bond donors (Lipinski definition) is 1. The predicted octanol–water partition coefficient (Wildman–Crippen LogP) is -0.592. The van der Waals surface area contributed by atoms with Gasteiger partial charge >= 0.3 is 0 Å². The van der Waals surface area contributed by atoms with Crippen molar-refractivity contribution in [3.63, 3.8) is 0 Å². The minimum absolute atomic E-state index is 0.106. The molecule has 1 atom stereocenters. The number of nitrogens with zero attached hydrogens (tertiary/aromatic N) is 2. The molecule has 1 fully saturated rings. The van der Waals surface area contributed by atoms with Gasteiger partial charge in [-0.15, -0.1) is 0 Å². The van der Waals surface area contributed by atoms with E-state index in [0.717, 1.165) is 0 Å². The standard InChI is InChI=1S/C9H15N3O3S/c10-2-3-12-6-9(5-11-12)15-8-1-4-16(13,14)7-8/h5-6,8H,1-4,7,10H2. The molecule has 1 aliphatic rings. The van der Waals surface area contributed by atoms with Crippen molar-refractivity contribution < 1.29 is 13.2 Å². The highest BCUT2D eigenvalue weighted by Crippen LogP contribution is 2.18. The molecule has 1 saturated heterocycles. The Bertz CT molecular complexity index is 454. The summed E-state index contributed by atoms with van der Waals surface area (Å²) in [6.07, 6.45) is 3.64. The van der Waals surface area contributed by atoms with Crippen LogP contribution in [0.25, 0.3) is 0 Å². The van der Waals surface area contributed by atoms with Crippen molar-refractivity contribution >= 4 is 9.84 Å². The summed E-state index contributed by atoms with van der Waals surface area (Å²) >= 11 is 0. The van der Waals surface area contributed by atoms with Crippen LogP contribution in [0.4, 0.5) is 0 Å². The first kappa shape index (κ1) is 11.4. The zero-order valence-corrected chi connectivity index (χ0v) is 9.69. The van der Waals surface area contributed by atoms with Gasteiger partial charge in [-0.05, 0) is 6.42 Å². The Hall–Kier alpha value is -1.08. The summed E-state index contributed by atoms with van der Waals surface area (Å²) in [4.78, 5) is 0. The monoisotopic (exact) mass is 245 g/mol. The van der Waals surface area contributed by atoms with Gasteiger partial charge in [-0.1, -0.05) is 0 Å². The highest BCUT2D eigenvalue weighted by atomic mass is 32.2. The van der Waals surface area contributed by atoms with Crippen LogP contribution in [0.2, 0.25) is 0 Å². The van der Waals surface area contributed by atoms with Crippen molar-refractivity contribution in [1.82, 2.24) is 9.78 Å². The van der Waals surface area contributed by atoms with Gasteiger partial charge in [0.2, 0.25) is 0 Å². The SMILES string of the molecule is NCCn1cc(OC2CCS(=O)(=O)C2)cn1. The lowest BCUT2D eigenvalue weighted by Gasteiger charge is -2.08. The molecule has 7 heteroatoms. The summed E-state index contributed by atoms with van der Waals surface area (Å²) in [5.74, 6) is 0.930. The molecule has 2 N–H and O–H groups in total. The van der Waals surface area contributed by atoms with E-state index in [1.165, 1.54) is 0 Å². The molecule has 0 spiro atoms. The largest absolute Gasteiger partial charge is 0.486 e. The summed E-state index contributed by atoms with van der Waals surface area (Å²) in [5, 5.41) is 4.05. The number of aromatic nitrogens is 2. The van der Waals surface area contributed by atoms with Crippen LogP contribution >= 0.6 is 0 Å². The van der Waals surface area contributed by atoms with Gasteiger partial charge < -0.3 is 10.5 Å². The topological polar surface area (TPSA) is 87.2 Å². The Kier molecular flexibility index (Phi) is 3.15. The van der Waals surface area contributed by atoms with Gasteiger partial charge in [0.1, 0.15) is 6.10 Å². The van der Waals surface area contributed by atoms with Crippen molar-refractivity contribution in [2.75, 3.05) is 18.1 Å². The molecule has 2 rings (SSSR count). The van der Waals surface area contributed by atoms with Gasteiger partial charge in [-0.25, -0.2) is 8.42 Å². The molecule has 1 unspecified atom stereocenters. The molecule has 0 radical (unpaired) electrons. The van der Waals surface area contributed by atoms with Crippen LogP contribution in [0.1, 0.15) is 6.42 Å². The normalized spacial score (nSPS) is 23.4. The number of nitrogens with two attached hydrogens (primary N) is 1. The van der Waals surface area contributed by atoms with Crippen LogP contribution in [-0.4, -0.2) is 42.4 Å². The van der Waals surface area contributed by atoms with E-state index in [1.807, 2.05) is 0 Å². The number of sulfone groups is 1. The quantitative estimate of drug-likeness (QED) is 0.766. The van der Waals surface area contributed by atoms with Crippen molar-refractivity contribution in [3.8, 4) is 5.75 Å². The molecule has 1 aromatic rings. The van der Waals surface area contributed by atoms with E-state index in [2.05, 4.69) is 5.10 Å². The Morgan fingerprint density at radius 2 is 2.44 bits per heavy atom. The molecule has 6 nitrogen and oxygen atoms in total. The fourth-order valence-electron chi connectivity index (χ4n) is 1.71. The van der Waals surface area contributed by atoms with Crippen molar-refractivity contribution in [2.24, 2.45) is 5.73 Å². The van der Waals surface area contributed by atoms with Gasteiger partial charge in [0, 0.05) is 6.54 Å². The Balaban J connectivity index is 1.94. The molecule has 0 aliphatic carbocycles. The third kappa shape index (κ3) is 2.73. The van der Waals surface area contributed by atoms with E-state index in [4.69, 9.17) is 10.5 Å². The van der Waals surface area contributed by atoms with Crippen LogP contribution in [-0.2, 0) is 16.4 Å². The van der Waals surface area contributed by atoms with Crippen LogP contribution in [0.3, 0.4) is 0 Å². The van der Waals surface area contributed by atoms with Crippen LogP contribution in [0, 0.1) is 0 Å². The smallest absolute Gasteiger partial charge is 0.157 e. The average molecular weight is 245 g/mol. The van der Waals surface area contributed by atoms with E-state index in [9.17, 15) is 8.42 Å². The van der Waals surface area contributed by atoms with Gasteiger partial charge in [0.05, 0.1) is 30.4 Å². The van der Waals surface area contributed by atoms with E-state index in [-0.39, 0.29) is 17.6 Å². The van der Waals surface area contributed by atoms with E-state index in [0.29, 0.717) is 25.3 Å². The Morgan fingerprint density at radius 1 is 1.62 bits per heavy atom. The fourth-order valence-corrected chi connectivity index (χ4v) is 3.30. The maximum atomic E-state index is 11.2. The number of rotatable bonds is 4. The van der Waals surface area contributed by atoms with Gasteiger partial charge in [0.15, 0.2) is 15.6 Å². The van der Waals surface area contributed by atoms with E-state index < -0.39 is 9.84 Å². The maximum absolute atomic E-state index is 11.2. The predicted molar refractivity (Wildman–Crippen MR) is 59.0 cm³/mol. The molecule has 0 aromatic carbocycles. The highest BCUT2D eigenvalue weighted by molar-refractivity contribution is 7.91. The molecule has 0 saturated carbocycles. The number of ether oxygens (including phenoxy) is 1. The molecule has 1 aliphatic heterocycles. The van der Waals surface area contributed by atoms with E-state index in [1.54, 1.807) is 17.1 Å². The lowest BCUT2D eigenvalue weighted by Crippen LogP contribution is -2.17. The van der Waals surface area contributed by atoms with Crippen LogP contribution in [0.5, 0.6) is 5.75 Å². The minimum atomic E-state index is -2.89. The van der Waals surface area contributed by atoms with Crippen LogP contribution < -0.4 is 10.5 Å². The van der Waals surface area contributed by atoms with Crippen molar-refractivity contribution in [1.29, 1.82) is 0 Å². The maximum Gasteiger partial charge on any atom is 0.157 e. The Labute approximate surface area is 94.3 Å². The first-order valence-electron chi connectivity index (χ1n) is 5.19. The second-order valence-corrected chi connectivity index (χ2v) is 6.10. The fraction of sp³-hybridized carbons (Fsp3) is 0.667. The van der Waals surface area contributed by atoms with E-state index >= 15 is 0 Å². The first-order valence-corrected chi connectivity index (χ1v) is 7.01. The molecule has 16 heavy (non-hydrogen) atoms. The Morgan fingerprint density at radius 3 is 3.06 bits per heavy atom. The number of hydrogen-bond acceptors (Lipinski definition) is 5. The summed E-state index contributed by atoms with van der Waals surface area (Å²) in [6.45, 7) is 1.14. The highest BCUT2D eigenvalue weighted by Gasteiger charge is 2.29. The van der Waals surface area contributed by atoms with Gasteiger partial charge in [-0.3, -0.25) is 4.68 Å². The molecule has 2 heterocycles. The zero-order chi connectivity index (χ0) is 11.6. The lowest BCUT2D eigenvalue weighted by molar-refractivity contribution is 0.228. The van der Waals surface area contributed by atoms with Gasteiger partial charge in [0.25, 0.3) is 0 Å². The molecular weight excluding hydrogens is 230 g/mol. The van der Waals surface area contributed by atoms with Gasteiger partial charge in [-0.2, -0.15) is 5.10 Å². The average Bonchev–Trinajstić information content (AvgIpc) is 2.75. The molecule has 90 valence electrons. The summed E-state index contributed by atoms with van der Waals surface area (Å²) in [6, 6.07) is 0. The molecule has 0 amide bonds. The van der Waals surface area contributed by atoms with Crippen molar-refractivity contribution in [3.05, 3.63) is 12.4 Å². The third-order valence-electron chi connectivity index (χ3n) is 2.46. The second-order valence-electron chi connectivity index (χ2n) is 3.87. The third-order valence-corrected chi connectivity index (χ3v) is 4.20. The first-order chi connectivity index (χ1) is 7.59. The minimum Gasteiger partial charge on any atom is -0.486 e. The zero-order valence-electron chi connectivity index (χ0n) is 8.87. The molecule has 1 aromatic heterocycles. The molecule has 0 bridgehead atoms.